The van der Waals surface area contributed by atoms with E-state index in [1.54, 1.807) is 12.4 Å². The number of rotatable bonds is 7. The molecule has 0 bridgehead atoms. The van der Waals surface area contributed by atoms with Crippen LogP contribution in [-0.4, -0.2) is 34.7 Å². The Hall–Kier alpha value is -2.11. The Labute approximate surface area is 150 Å². The summed E-state index contributed by atoms with van der Waals surface area (Å²) in [5.74, 6) is 0.0934. The van der Waals surface area contributed by atoms with Crippen LogP contribution in [0, 0.1) is 5.92 Å². The van der Waals surface area contributed by atoms with Gasteiger partial charge in [-0.25, -0.2) is 4.79 Å². The predicted molar refractivity (Wildman–Crippen MR) is 98.2 cm³/mol. The molecule has 1 aromatic heterocycles. The van der Waals surface area contributed by atoms with Crippen LogP contribution in [0.25, 0.3) is 0 Å². The van der Waals surface area contributed by atoms with Crippen LogP contribution in [0.4, 0.5) is 4.79 Å². The van der Waals surface area contributed by atoms with Gasteiger partial charge in [0.15, 0.2) is 0 Å². The summed E-state index contributed by atoms with van der Waals surface area (Å²) in [5.41, 5.74) is -0.0791. The Bertz CT molecular complexity index is 567. The Morgan fingerprint density at radius 2 is 1.92 bits per heavy atom. The van der Waals surface area contributed by atoms with Crippen molar-refractivity contribution >= 4 is 12.0 Å². The van der Waals surface area contributed by atoms with Gasteiger partial charge in [0.1, 0.15) is 5.60 Å². The number of carbonyl (C=O) groups excluding carboxylic acids is 2. The minimum absolute atomic E-state index is 0.0500. The third kappa shape index (κ3) is 8.01. The van der Waals surface area contributed by atoms with Crippen LogP contribution in [0.2, 0.25) is 0 Å². The van der Waals surface area contributed by atoms with Crippen molar-refractivity contribution in [1.29, 1.82) is 0 Å². The lowest BCUT2D eigenvalue weighted by atomic mass is 9.88. The third-order valence-corrected chi connectivity index (χ3v) is 4.06. The maximum Gasteiger partial charge on any atom is 0.407 e. The van der Waals surface area contributed by atoms with E-state index < -0.39 is 17.2 Å². The lowest BCUT2D eigenvalue weighted by Crippen LogP contribution is -2.57. The molecule has 6 heteroatoms. The maximum absolute atomic E-state index is 12.3. The summed E-state index contributed by atoms with van der Waals surface area (Å²) in [4.78, 5) is 28.3. The van der Waals surface area contributed by atoms with E-state index in [4.69, 9.17) is 4.74 Å². The number of alkyl carbamates (subject to hydrolysis) is 1. The van der Waals surface area contributed by atoms with Crippen molar-refractivity contribution in [3.05, 3.63) is 30.1 Å². The topological polar surface area (TPSA) is 80.3 Å². The normalized spacial score (nSPS) is 13.9. The standard InChI is InChI=1S/C19H31N3O3/c1-14(2)19(6,13-21-17(24)25-18(3,4)5)22-16(23)10-9-15-8-7-11-20-12-15/h7-8,11-12,14H,9-10,13H2,1-6H3,(H,21,24)(H,22,23)/t19-/m1/s1. The molecule has 0 saturated carbocycles. The maximum atomic E-state index is 12.3. The molecule has 0 radical (unpaired) electrons. The molecule has 0 unspecified atom stereocenters. The minimum Gasteiger partial charge on any atom is -0.444 e. The van der Waals surface area contributed by atoms with Gasteiger partial charge >= 0.3 is 6.09 Å². The molecule has 0 aliphatic rings. The first kappa shape index (κ1) is 20.9. The highest BCUT2D eigenvalue weighted by Gasteiger charge is 2.31. The van der Waals surface area contributed by atoms with E-state index in [0.29, 0.717) is 19.4 Å². The average Bonchev–Trinajstić information content (AvgIpc) is 2.50. The Kier molecular flexibility index (Phi) is 7.39. The van der Waals surface area contributed by atoms with Crippen LogP contribution in [0.3, 0.4) is 0 Å². The fourth-order valence-electron chi connectivity index (χ4n) is 2.15. The average molecular weight is 349 g/mol. The van der Waals surface area contributed by atoms with Crippen LogP contribution in [0.1, 0.15) is 53.5 Å². The first-order valence-corrected chi connectivity index (χ1v) is 8.68. The number of ether oxygens (including phenoxy) is 1. The molecule has 2 N–H and O–H groups in total. The third-order valence-electron chi connectivity index (χ3n) is 4.06. The molecule has 6 nitrogen and oxygen atoms in total. The highest BCUT2D eigenvalue weighted by molar-refractivity contribution is 5.77. The quantitative estimate of drug-likeness (QED) is 0.793. The van der Waals surface area contributed by atoms with Crippen molar-refractivity contribution in [3.63, 3.8) is 0 Å². The van der Waals surface area contributed by atoms with E-state index in [9.17, 15) is 9.59 Å². The van der Waals surface area contributed by atoms with E-state index in [-0.39, 0.29) is 11.8 Å². The van der Waals surface area contributed by atoms with Crippen molar-refractivity contribution in [2.75, 3.05) is 6.54 Å². The molecule has 0 spiro atoms. The zero-order valence-corrected chi connectivity index (χ0v) is 16.2. The van der Waals surface area contributed by atoms with Crippen molar-refractivity contribution in [3.8, 4) is 0 Å². The zero-order valence-electron chi connectivity index (χ0n) is 16.2. The monoisotopic (exact) mass is 349 g/mol. The molecule has 1 heterocycles. The molecule has 0 aromatic carbocycles. The van der Waals surface area contributed by atoms with Crippen molar-refractivity contribution < 1.29 is 14.3 Å². The van der Waals surface area contributed by atoms with Gasteiger partial charge in [-0.2, -0.15) is 0 Å². The van der Waals surface area contributed by atoms with E-state index in [1.807, 2.05) is 53.7 Å². The molecule has 1 aromatic rings. The number of pyridine rings is 1. The van der Waals surface area contributed by atoms with Crippen molar-refractivity contribution in [2.24, 2.45) is 5.92 Å². The van der Waals surface area contributed by atoms with Gasteiger partial charge in [0.2, 0.25) is 5.91 Å². The number of carbonyl (C=O) groups is 2. The second-order valence-electron chi connectivity index (χ2n) is 7.84. The number of aryl methyl sites for hydroxylation is 1. The first-order chi connectivity index (χ1) is 11.5. The molecule has 0 fully saturated rings. The van der Waals surface area contributed by atoms with E-state index in [1.165, 1.54) is 0 Å². The van der Waals surface area contributed by atoms with Gasteiger partial charge in [0.05, 0.1) is 5.54 Å². The predicted octanol–water partition coefficient (Wildman–Crippen LogP) is 3.07. The summed E-state index contributed by atoms with van der Waals surface area (Å²) in [6.07, 6.45) is 4.00. The molecular weight excluding hydrogens is 318 g/mol. The SMILES string of the molecule is CC(C)[C@@](C)(CNC(=O)OC(C)(C)C)NC(=O)CCc1cccnc1. The minimum atomic E-state index is -0.553. The molecule has 140 valence electrons. The summed E-state index contributed by atoms with van der Waals surface area (Å²) in [7, 11) is 0. The highest BCUT2D eigenvalue weighted by atomic mass is 16.6. The summed E-state index contributed by atoms with van der Waals surface area (Å²) in [6, 6.07) is 3.81. The Balaban J connectivity index is 2.56. The first-order valence-electron chi connectivity index (χ1n) is 8.68. The van der Waals surface area contributed by atoms with Crippen LogP contribution in [-0.2, 0) is 16.0 Å². The van der Waals surface area contributed by atoms with Gasteiger partial charge in [0.25, 0.3) is 0 Å². The van der Waals surface area contributed by atoms with Gasteiger partial charge in [0, 0.05) is 25.4 Å². The fourth-order valence-corrected chi connectivity index (χ4v) is 2.15. The van der Waals surface area contributed by atoms with Crippen molar-refractivity contribution in [1.82, 2.24) is 15.6 Å². The molecule has 25 heavy (non-hydrogen) atoms. The van der Waals surface area contributed by atoms with Crippen LogP contribution in [0.5, 0.6) is 0 Å². The van der Waals surface area contributed by atoms with Gasteiger partial charge in [-0.05, 0) is 51.7 Å². The molecule has 2 amide bonds. The van der Waals surface area contributed by atoms with Crippen molar-refractivity contribution in [2.45, 2.75) is 65.5 Å². The second-order valence-corrected chi connectivity index (χ2v) is 7.84. The number of amides is 2. The Morgan fingerprint density at radius 1 is 1.24 bits per heavy atom. The van der Waals surface area contributed by atoms with Gasteiger partial charge in [-0.3, -0.25) is 9.78 Å². The molecule has 0 saturated heterocycles. The second kappa shape index (κ2) is 8.83. The number of nitrogens with one attached hydrogen (secondary N) is 2. The molecule has 1 rings (SSSR count). The largest absolute Gasteiger partial charge is 0.444 e. The molecular formula is C19H31N3O3. The number of hydrogen-bond acceptors (Lipinski definition) is 4. The number of aromatic nitrogens is 1. The molecule has 0 aliphatic heterocycles. The summed E-state index contributed by atoms with van der Waals surface area (Å²) >= 11 is 0. The smallest absolute Gasteiger partial charge is 0.407 e. The summed E-state index contributed by atoms with van der Waals surface area (Å²) in [5, 5.41) is 5.81. The van der Waals surface area contributed by atoms with Crippen LogP contribution in [0.15, 0.2) is 24.5 Å². The van der Waals surface area contributed by atoms with Crippen LogP contribution >= 0.6 is 0 Å². The summed E-state index contributed by atoms with van der Waals surface area (Å²) in [6.45, 7) is 11.7. The molecule has 0 aliphatic carbocycles. The van der Waals surface area contributed by atoms with Gasteiger partial charge < -0.3 is 15.4 Å². The van der Waals surface area contributed by atoms with E-state index in [0.717, 1.165) is 5.56 Å². The van der Waals surface area contributed by atoms with Gasteiger partial charge in [-0.15, -0.1) is 0 Å². The zero-order chi connectivity index (χ0) is 19.1. The number of hydrogen-bond donors (Lipinski definition) is 2. The van der Waals surface area contributed by atoms with Gasteiger partial charge in [-0.1, -0.05) is 19.9 Å². The lowest BCUT2D eigenvalue weighted by molar-refractivity contribution is -0.123. The van der Waals surface area contributed by atoms with E-state index in [2.05, 4.69) is 15.6 Å². The molecule has 1 atom stereocenters. The van der Waals surface area contributed by atoms with E-state index >= 15 is 0 Å². The number of nitrogens with zero attached hydrogens (tertiary/aromatic N) is 1. The fraction of sp³-hybridized carbons (Fsp3) is 0.632. The summed E-state index contributed by atoms with van der Waals surface area (Å²) < 4.78 is 5.25. The lowest BCUT2D eigenvalue weighted by Gasteiger charge is -2.35. The highest BCUT2D eigenvalue weighted by Crippen LogP contribution is 2.17. The Morgan fingerprint density at radius 3 is 2.44 bits per heavy atom. The van der Waals surface area contributed by atoms with Crippen LogP contribution < -0.4 is 10.6 Å².